The normalized spacial score (nSPS) is 10.1. The highest BCUT2D eigenvalue weighted by molar-refractivity contribution is 6.31. The highest BCUT2D eigenvalue weighted by Crippen LogP contribution is 2.23. The lowest BCUT2D eigenvalue weighted by atomic mass is 10.1. The third kappa shape index (κ3) is 2.16. The van der Waals surface area contributed by atoms with E-state index in [1.807, 2.05) is 0 Å². The number of aromatic carboxylic acids is 1. The van der Waals surface area contributed by atoms with Crippen molar-refractivity contribution >= 4 is 23.3 Å². The molecule has 1 aromatic rings. The molecule has 0 saturated carbocycles. The van der Waals surface area contributed by atoms with Crippen LogP contribution < -0.4 is 5.73 Å². The second kappa shape index (κ2) is 4.30. The number of nitrogen functional groups attached to an aromatic ring is 1. The Balaban J connectivity index is 3.24. The van der Waals surface area contributed by atoms with E-state index < -0.39 is 5.97 Å². The van der Waals surface area contributed by atoms with E-state index in [1.54, 1.807) is 6.07 Å². The first-order valence-corrected chi connectivity index (χ1v) is 4.36. The molecule has 0 radical (unpaired) electrons. The molecule has 0 spiro atoms. The molecule has 4 nitrogen and oxygen atoms in total. The zero-order valence-electron chi connectivity index (χ0n) is 7.33. The van der Waals surface area contributed by atoms with Gasteiger partial charge in [0.05, 0.1) is 5.56 Å². The summed E-state index contributed by atoms with van der Waals surface area (Å²) < 4.78 is 0. The van der Waals surface area contributed by atoms with E-state index in [9.17, 15) is 4.79 Å². The number of nitrogens with two attached hydrogens (primary N) is 1. The van der Waals surface area contributed by atoms with E-state index in [0.29, 0.717) is 17.0 Å². The number of aliphatic hydroxyl groups is 1. The van der Waals surface area contributed by atoms with Crippen molar-refractivity contribution < 1.29 is 15.0 Å². The Labute approximate surface area is 85.9 Å². The Morgan fingerprint density at radius 2 is 2.14 bits per heavy atom. The first-order valence-electron chi connectivity index (χ1n) is 3.98. The molecule has 0 heterocycles. The number of hydrogen-bond donors (Lipinski definition) is 3. The molecule has 14 heavy (non-hydrogen) atoms. The molecule has 0 amide bonds. The quantitative estimate of drug-likeness (QED) is 0.661. The zero-order chi connectivity index (χ0) is 10.7. The summed E-state index contributed by atoms with van der Waals surface area (Å²) >= 11 is 5.70. The smallest absolute Gasteiger partial charge is 0.337 e. The van der Waals surface area contributed by atoms with Crippen LogP contribution in [-0.2, 0) is 6.42 Å². The molecule has 0 unspecified atom stereocenters. The summed E-state index contributed by atoms with van der Waals surface area (Å²) in [6.45, 7) is -0.0936. The molecule has 0 aliphatic carbocycles. The fourth-order valence-corrected chi connectivity index (χ4v) is 1.42. The topological polar surface area (TPSA) is 83.5 Å². The molecule has 0 atom stereocenters. The van der Waals surface area contributed by atoms with E-state index in [4.69, 9.17) is 27.5 Å². The highest BCUT2D eigenvalue weighted by Gasteiger charge is 2.12. The van der Waals surface area contributed by atoms with Gasteiger partial charge in [-0.3, -0.25) is 0 Å². The summed E-state index contributed by atoms with van der Waals surface area (Å²) in [6, 6.07) is 2.85. The van der Waals surface area contributed by atoms with E-state index in [-0.39, 0.29) is 17.9 Å². The molecule has 76 valence electrons. The lowest BCUT2D eigenvalue weighted by Gasteiger charge is -2.07. The predicted octanol–water partition coefficient (Wildman–Crippen LogP) is 1.16. The maximum Gasteiger partial charge on any atom is 0.337 e. The Morgan fingerprint density at radius 1 is 1.50 bits per heavy atom. The minimum absolute atomic E-state index is 0.0269. The summed E-state index contributed by atoms with van der Waals surface area (Å²) in [4.78, 5) is 10.7. The zero-order valence-corrected chi connectivity index (χ0v) is 8.08. The van der Waals surface area contributed by atoms with Gasteiger partial charge in [-0.1, -0.05) is 11.6 Å². The Hall–Kier alpha value is -1.26. The number of hydrogen-bond acceptors (Lipinski definition) is 3. The van der Waals surface area contributed by atoms with Crippen LogP contribution >= 0.6 is 11.6 Å². The van der Waals surface area contributed by atoms with Crippen LogP contribution in [0.5, 0.6) is 0 Å². The van der Waals surface area contributed by atoms with Crippen LogP contribution in [0.4, 0.5) is 5.69 Å². The van der Waals surface area contributed by atoms with Crippen molar-refractivity contribution in [2.45, 2.75) is 6.42 Å². The average molecular weight is 216 g/mol. The molecule has 5 heteroatoms. The lowest BCUT2D eigenvalue weighted by molar-refractivity contribution is 0.0698. The van der Waals surface area contributed by atoms with Crippen molar-refractivity contribution in [2.24, 2.45) is 0 Å². The van der Waals surface area contributed by atoms with E-state index >= 15 is 0 Å². The van der Waals surface area contributed by atoms with Crippen molar-refractivity contribution in [3.63, 3.8) is 0 Å². The molecule has 0 aliphatic rings. The van der Waals surface area contributed by atoms with Gasteiger partial charge in [-0.2, -0.15) is 0 Å². The van der Waals surface area contributed by atoms with Crippen molar-refractivity contribution in [3.05, 3.63) is 28.3 Å². The first-order chi connectivity index (χ1) is 6.56. The molecule has 0 aromatic heterocycles. The van der Waals surface area contributed by atoms with E-state index in [2.05, 4.69) is 0 Å². The number of carboxylic acids is 1. The molecule has 0 bridgehead atoms. The van der Waals surface area contributed by atoms with Crippen LogP contribution in [0.2, 0.25) is 5.02 Å². The Morgan fingerprint density at radius 3 is 2.64 bits per heavy atom. The van der Waals surface area contributed by atoms with Crippen molar-refractivity contribution in [1.29, 1.82) is 0 Å². The molecule has 1 rings (SSSR count). The summed E-state index contributed by atoms with van der Waals surface area (Å²) in [5.74, 6) is -1.12. The van der Waals surface area contributed by atoms with Gasteiger partial charge in [0.15, 0.2) is 0 Å². The molecule has 1 aromatic carbocycles. The lowest BCUT2D eigenvalue weighted by Crippen LogP contribution is -2.06. The number of halogens is 1. The minimum Gasteiger partial charge on any atom is -0.478 e. The standard InChI is InChI=1S/C9H10ClNO3/c10-6-3-5(1-2-12)8(11)7(4-6)9(13)14/h3-4,12H,1-2,11H2,(H,13,14). The van der Waals surface area contributed by atoms with Gasteiger partial charge in [-0.15, -0.1) is 0 Å². The number of benzene rings is 1. The molecule has 0 saturated heterocycles. The van der Waals surface area contributed by atoms with Crippen molar-refractivity contribution in [1.82, 2.24) is 0 Å². The van der Waals surface area contributed by atoms with Crippen molar-refractivity contribution in [3.8, 4) is 0 Å². The number of anilines is 1. The van der Waals surface area contributed by atoms with Gasteiger partial charge in [-0.25, -0.2) is 4.79 Å². The predicted molar refractivity (Wildman–Crippen MR) is 53.6 cm³/mol. The molecule has 0 fully saturated rings. The van der Waals surface area contributed by atoms with Crippen LogP contribution in [0.25, 0.3) is 0 Å². The van der Waals surface area contributed by atoms with Gasteiger partial charge < -0.3 is 15.9 Å². The van der Waals surface area contributed by atoms with Crippen LogP contribution in [0, 0.1) is 0 Å². The van der Waals surface area contributed by atoms with Crippen LogP contribution in [0.1, 0.15) is 15.9 Å². The largest absolute Gasteiger partial charge is 0.478 e. The van der Waals surface area contributed by atoms with Crippen LogP contribution in [0.3, 0.4) is 0 Å². The average Bonchev–Trinajstić information content (AvgIpc) is 2.10. The van der Waals surface area contributed by atoms with Crippen LogP contribution in [0.15, 0.2) is 12.1 Å². The van der Waals surface area contributed by atoms with Crippen LogP contribution in [-0.4, -0.2) is 22.8 Å². The monoisotopic (exact) mass is 215 g/mol. The third-order valence-corrected chi connectivity index (χ3v) is 2.06. The second-order valence-electron chi connectivity index (χ2n) is 2.80. The number of aliphatic hydroxyl groups excluding tert-OH is 1. The molecule has 0 aliphatic heterocycles. The Bertz CT molecular complexity index is 365. The second-order valence-corrected chi connectivity index (χ2v) is 3.24. The Kier molecular flexibility index (Phi) is 3.33. The van der Waals surface area contributed by atoms with Gasteiger partial charge in [0.2, 0.25) is 0 Å². The first kappa shape index (κ1) is 10.8. The summed E-state index contributed by atoms with van der Waals surface area (Å²) in [5, 5.41) is 17.8. The SMILES string of the molecule is Nc1c(CCO)cc(Cl)cc1C(=O)O. The minimum atomic E-state index is -1.12. The highest BCUT2D eigenvalue weighted by atomic mass is 35.5. The summed E-state index contributed by atoms with van der Waals surface area (Å²) in [6.07, 6.45) is 0.298. The fourth-order valence-electron chi connectivity index (χ4n) is 1.18. The summed E-state index contributed by atoms with van der Waals surface area (Å²) in [5.41, 5.74) is 6.28. The number of carbonyl (C=O) groups is 1. The fraction of sp³-hybridized carbons (Fsp3) is 0.222. The van der Waals surface area contributed by atoms with E-state index in [0.717, 1.165) is 0 Å². The van der Waals surface area contributed by atoms with Crippen molar-refractivity contribution in [2.75, 3.05) is 12.3 Å². The third-order valence-electron chi connectivity index (χ3n) is 1.84. The van der Waals surface area contributed by atoms with E-state index in [1.165, 1.54) is 6.07 Å². The van der Waals surface area contributed by atoms with Gasteiger partial charge in [0, 0.05) is 17.3 Å². The maximum absolute atomic E-state index is 10.7. The van der Waals surface area contributed by atoms with Gasteiger partial charge in [0.1, 0.15) is 0 Å². The maximum atomic E-state index is 10.7. The van der Waals surface area contributed by atoms with Gasteiger partial charge in [0.25, 0.3) is 0 Å². The molecular weight excluding hydrogens is 206 g/mol. The molecular formula is C9H10ClNO3. The summed E-state index contributed by atoms with van der Waals surface area (Å²) in [7, 11) is 0. The number of carboxylic acid groups (broad SMARTS) is 1. The van der Waals surface area contributed by atoms with Gasteiger partial charge >= 0.3 is 5.97 Å². The van der Waals surface area contributed by atoms with Gasteiger partial charge in [-0.05, 0) is 24.1 Å². The number of rotatable bonds is 3. The molecule has 4 N–H and O–H groups in total.